The van der Waals surface area contributed by atoms with Crippen LogP contribution in [0.2, 0.25) is 0 Å². The van der Waals surface area contributed by atoms with Crippen molar-refractivity contribution in [2.75, 3.05) is 6.61 Å². The van der Waals surface area contributed by atoms with Gasteiger partial charge >= 0.3 is 0 Å². The first-order valence-electron chi connectivity index (χ1n) is 8.23. The van der Waals surface area contributed by atoms with Gasteiger partial charge in [-0.05, 0) is 31.2 Å². The highest BCUT2D eigenvalue weighted by Crippen LogP contribution is 2.31. The highest BCUT2D eigenvalue weighted by molar-refractivity contribution is 6.10. The van der Waals surface area contributed by atoms with Crippen molar-refractivity contribution in [1.29, 1.82) is 0 Å². The normalized spacial score (nSPS) is 16.5. The number of halogens is 1. The first-order chi connectivity index (χ1) is 12.6. The van der Waals surface area contributed by atoms with E-state index in [2.05, 4.69) is 15.6 Å². The first kappa shape index (κ1) is 17.6. The quantitative estimate of drug-likeness (QED) is 0.885. The predicted octanol–water partition coefficient (Wildman–Crippen LogP) is 2.57. The van der Waals surface area contributed by atoms with Gasteiger partial charge in [0.15, 0.2) is 0 Å². The van der Waals surface area contributed by atoms with E-state index in [9.17, 15) is 14.0 Å². The molecule has 0 saturated heterocycles. The zero-order valence-corrected chi connectivity index (χ0v) is 14.2. The SMILES string of the molecule is CCOc1ccccc1[C@@H]1CC(=O)NC(NC(=O)c2cccc(F)c2)=N1. The van der Waals surface area contributed by atoms with E-state index in [-0.39, 0.29) is 23.9 Å². The minimum atomic E-state index is -0.553. The molecule has 1 heterocycles. The highest BCUT2D eigenvalue weighted by atomic mass is 19.1. The Labute approximate surface area is 150 Å². The zero-order chi connectivity index (χ0) is 18.5. The van der Waals surface area contributed by atoms with Crippen molar-refractivity contribution in [2.24, 2.45) is 4.99 Å². The van der Waals surface area contributed by atoms with Gasteiger partial charge < -0.3 is 4.74 Å². The van der Waals surface area contributed by atoms with E-state index in [4.69, 9.17) is 4.74 Å². The standard InChI is InChI=1S/C19H18FN3O3/c1-2-26-16-9-4-3-8-14(16)15-11-17(24)22-19(21-15)23-18(25)12-6-5-7-13(20)10-12/h3-10,15H,2,11H2,1H3,(H2,21,22,23,24,25)/t15-/m0/s1. The molecule has 2 aromatic rings. The molecule has 1 aliphatic rings. The monoisotopic (exact) mass is 355 g/mol. The van der Waals surface area contributed by atoms with Crippen molar-refractivity contribution >= 4 is 17.8 Å². The summed E-state index contributed by atoms with van der Waals surface area (Å²) in [6.45, 7) is 2.36. The van der Waals surface area contributed by atoms with Crippen LogP contribution in [0.1, 0.15) is 35.3 Å². The van der Waals surface area contributed by atoms with Crippen molar-refractivity contribution < 1.29 is 18.7 Å². The fourth-order valence-corrected chi connectivity index (χ4v) is 2.69. The second-order valence-corrected chi connectivity index (χ2v) is 5.68. The minimum Gasteiger partial charge on any atom is -0.494 e. The van der Waals surface area contributed by atoms with E-state index in [0.717, 1.165) is 11.6 Å². The molecular weight excluding hydrogens is 337 g/mol. The molecule has 3 rings (SSSR count). The average Bonchev–Trinajstić information content (AvgIpc) is 2.62. The molecule has 134 valence electrons. The molecular formula is C19H18FN3O3. The molecule has 0 saturated carbocycles. The van der Waals surface area contributed by atoms with Gasteiger partial charge in [0.2, 0.25) is 11.9 Å². The maximum absolute atomic E-state index is 13.3. The van der Waals surface area contributed by atoms with Crippen LogP contribution >= 0.6 is 0 Å². The summed E-state index contributed by atoms with van der Waals surface area (Å²) in [6.07, 6.45) is 0.142. The summed E-state index contributed by atoms with van der Waals surface area (Å²) >= 11 is 0. The van der Waals surface area contributed by atoms with E-state index >= 15 is 0 Å². The molecule has 6 nitrogen and oxygen atoms in total. The second-order valence-electron chi connectivity index (χ2n) is 5.68. The summed E-state index contributed by atoms with van der Waals surface area (Å²) in [5, 5.41) is 5.04. The number of rotatable bonds is 4. The van der Waals surface area contributed by atoms with Crippen LogP contribution in [0.4, 0.5) is 4.39 Å². The third-order valence-corrected chi connectivity index (χ3v) is 3.82. The maximum atomic E-state index is 13.3. The number of hydrogen-bond donors (Lipinski definition) is 2. The summed E-state index contributed by atoms with van der Waals surface area (Å²) < 4.78 is 18.9. The number of amides is 2. The number of nitrogens with zero attached hydrogens (tertiary/aromatic N) is 1. The van der Waals surface area contributed by atoms with Crippen molar-refractivity contribution in [3.8, 4) is 5.75 Å². The van der Waals surface area contributed by atoms with Crippen LogP contribution in [0.3, 0.4) is 0 Å². The van der Waals surface area contributed by atoms with Gasteiger partial charge in [-0.3, -0.25) is 20.2 Å². The van der Waals surface area contributed by atoms with Crippen molar-refractivity contribution in [1.82, 2.24) is 10.6 Å². The Bertz CT molecular complexity index is 867. The molecule has 0 aromatic heterocycles. The van der Waals surface area contributed by atoms with Gasteiger partial charge in [0.05, 0.1) is 19.1 Å². The number of carbonyl (C=O) groups is 2. The number of aliphatic imine (C=N–C) groups is 1. The lowest BCUT2D eigenvalue weighted by molar-refractivity contribution is -0.120. The largest absolute Gasteiger partial charge is 0.494 e. The van der Waals surface area contributed by atoms with E-state index in [0.29, 0.717) is 12.4 Å². The molecule has 2 N–H and O–H groups in total. The number of hydrogen-bond acceptors (Lipinski definition) is 4. The van der Waals surface area contributed by atoms with Gasteiger partial charge in [0.1, 0.15) is 11.6 Å². The van der Waals surface area contributed by atoms with E-state index in [1.807, 2.05) is 31.2 Å². The fraction of sp³-hybridized carbons (Fsp3) is 0.211. The Kier molecular flexibility index (Phi) is 5.26. The second kappa shape index (κ2) is 7.77. The van der Waals surface area contributed by atoms with E-state index in [1.165, 1.54) is 18.2 Å². The molecule has 7 heteroatoms. The Hall–Kier alpha value is -3.22. The van der Waals surface area contributed by atoms with Crippen molar-refractivity contribution in [3.63, 3.8) is 0 Å². The Balaban J connectivity index is 1.84. The van der Waals surface area contributed by atoms with E-state index in [1.54, 1.807) is 0 Å². The van der Waals surface area contributed by atoms with Crippen molar-refractivity contribution in [2.45, 2.75) is 19.4 Å². The molecule has 0 unspecified atom stereocenters. The maximum Gasteiger partial charge on any atom is 0.258 e. The van der Waals surface area contributed by atoms with Crippen LogP contribution in [0.25, 0.3) is 0 Å². The van der Waals surface area contributed by atoms with Gasteiger partial charge in [-0.1, -0.05) is 24.3 Å². The van der Waals surface area contributed by atoms with Gasteiger partial charge in [-0.2, -0.15) is 0 Å². The number of guanidine groups is 1. The smallest absolute Gasteiger partial charge is 0.258 e. The number of ether oxygens (including phenoxy) is 1. The Morgan fingerprint density at radius 3 is 2.88 bits per heavy atom. The molecule has 0 spiro atoms. The first-order valence-corrected chi connectivity index (χ1v) is 8.23. The Morgan fingerprint density at radius 1 is 1.31 bits per heavy atom. The zero-order valence-electron chi connectivity index (χ0n) is 14.2. The van der Waals surface area contributed by atoms with Crippen LogP contribution in [0.5, 0.6) is 5.75 Å². The molecule has 1 atom stereocenters. The third-order valence-electron chi connectivity index (χ3n) is 3.82. The summed E-state index contributed by atoms with van der Waals surface area (Å²) in [6, 6.07) is 12.1. The number of nitrogens with one attached hydrogen (secondary N) is 2. The number of para-hydroxylation sites is 1. The van der Waals surface area contributed by atoms with Gasteiger partial charge in [-0.15, -0.1) is 0 Å². The molecule has 2 amide bonds. The summed E-state index contributed by atoms with van der Waals surface area (Å²) in [5.41, 5.74) is 0.903. The number of carbonyl (C=O) groups excluding carboxylic acids is 2. The lowest BCUT2D eigenvalue weighted by Gasteiger charge is -2.23. The topological polar surface area (TPSA) is 79.8 Å². The molecule has 0 bridgehead atoms. The molecule has 0 aliphatic carbocycles. The average molecular weight is 355 g/mol. The van der Waals surface area contributed by atoms with Crippen LogP contribution in [-0.4, -0.2) is 24.4 Å². The van der Waals surface area contributed by atoms with Gasteiger partial charge in [0, 0.05) is 11.1 Å². The van der Waals surface area contributed by atoms with Crippen LogP contribution in [0.15, 0.2) is 53.5 Å². The molecule has 26 heavy (non-hydrogen) atoms. The van der Waals surface area contributed by atoms with Crippen LogP contribution in [-0.2, 0) is 4.79 Å². The molecule has 0 radical (unpaired) electrons. The van der Waals surface area contributed by atoms with Crippen LogP contribution < -0.4 is 15.4 Å². The highest BCUT2D eigenvalue weighted by Gasteiger charge is 2.26. The molecule has 2 aromatic carbocycles. The lowest BCUT2D eigenvalue weighted by Crippen LogP contribution is -2.47. The van der Waals surface area contributed by atoms with Crippen LogP contribution in [0, 0.1) is 5.82 Å². The molecule has 0 fully saturated rings. The van der Waals surface area contributed by atoms with E-state index < -0.39 is 17.8 Å². The third kappa shape index (κ3) is 4.05. The van der Waals surface area contributed by atoms with Gasteiger partial charge in [-0.25, -0.2) is 9.38 Å². The predicted molar refractivity (Wildman–Crippen MR) is 94.4 cm³/mol. The lowest BCUT2D eigenvalue weighted by atomic mass is 10.0. The van der Waals surface area contributed by atoms with Gasteiger partial charge in [0.25, 0.3) is 5.91 Å². The molecule has 1 aliphatic heterocycles. The summed E-state index contributed by atoms with van der Waals surface area (Å²) in [5.74, 6) is -0.662. The Morgan fingerprint density at radius 2 is 2.12 bits per heavy atom. The fourth-order valence-electron chi connectivity index (χ4n) is 2.69. The summed E-state index contributed by atoms with van der Waals surface area (Å²) in [4.78, 5) is 28.7. The number of benzene rings is 2. The minimum absolute atomic E-state index is 0.0341. The van der Waals surface area contributed by atoms with Crippen molar-refractivity contribution in [3.05, 3.63) is 65.5 Å². The summed E-state index contributed by atoms with van der Waals surface area (Å²) in [7, 11) is 0.